The van der Waals surface area contributed by atoms with Gasteiger partial charge in [-0.1, -0.05) is 18.2 Å². The molecule has 20 heavy (non-hydrogen) atoms. The summed E-state index contributed by atoms with van der Waals surface area (Å²) in [6.07, 6.45) is -0.827. The number of carbonyl (C=O) groups is 3. The summed E-state index contributed by atoms with van der Waals surface area (Å²) in [7, 11) is -4.97. The van der Waals surface area contributed by atoms with E-state index in [0.29, 0.717) is 0 Å². The highest BCUT2D eigenvalue weighted by Crippen LogP contribution is 2.20. The zero-order valence-electron chi connectivity index (χ0n) is 9.88. The molecule has 1 fully saturated rings. The fourth-order valence-electron chi connectivity index (χ4n) is 1.61. The van der Waals surface area contributed by atoms with Gasteiger partial charge in [-0.05, 0) is 12.1 Å². The third-order valence-corrected chi connectivity index (χ3v) is 3.66. The van der Waals surface area contributed by atoms with Crippen LogP contribution in [0.1, 0.15) is 16.8 Å². The Hall–Kier alpha value is -2.26. The second-order valence-electron chi connectivity index (χ2n) is 3.96. The van der Waals surface area contributed by atoms with Crippen LogP contribution in [0.15, 0.2) is 30.3 Å². The highest BCUT2D eigenvalue weighted by atomic mass is 32.2. The molecule has 0 aromatic heterocycles. The predicted octanol–water partition coefficient (Wildman–Crippen LogP) is -0.569. The number of imide groups is 1. The van der Waals surface area contributed by atoms with Gasteiger partial charge in [0.15, 0.2) is 0 Å². The standard InChI is InChI=1S/C11H9NO7S/c13-9-6-8(20(16,17)18)10(14)12(9)19-11(15)7-4-2-1-3-5-7/h1-5,8H,6H2,(H,16,17,18)/p-1. The van der Waals surface area contributed by atoms with Crippen molar-refractivity contribution >= 4 is 27.9 Å². The minimum atomic E-state index is -4.97. The van der Waals surface area contributed by atoms with Crippen LogP contribution < -0.4 is 0 Å². The maximum absolute atomic E-state index is 11.7. The van der Waals surface area contributed by atoms with E-state index in [2.05, 4.69) is 4.84 Å². The van der Waals surface area contributed by atoms with Crippen LogP contribution >= 0.6 is 0 Å². The maximum atomic E-state index is 11.7. The molecule has 1 heterocycles. The van der Waals surface area contributed by atoms with E-state index in [1.165, 1.54) is 24.3 Å². The van der Waals surface area contributed by atoms with Gasteiger partial charge in [0.05, 0.1) is 12.0 Å². The highest BCUT2D eigenvalue weighted by molar-refractivity contribution is 7.87. The lowest BCUT2D eigenvalue weighted by molar-refractivity contribution is -0.172. The molecule has 1 unspecified atom stereocenters. The first-order valence-corrected chi connectivity index (χ1v) is 6.86. The van der Waals surface area contributed by atoms with Crippen molar-refractivity contribution in [2.75, 3.05) is 0 Å². The van der Waals surface area contributed by atoms with Gasteiger partial charge in [0.2, 0.25) is 0 Å². The Morgan fingerprint density at radius 2 is 1.85 bits per heavy atom. The molecule has 0 radical (unpaired) electrons. The molecule has 1 aromatic rings. The Bertz CT molecular complexity index is 667. The van der Waals surface area contributed by atoms with E-state index >= 15 is 0 Å². The monoisotopic (exact) mass is 298 g/mol. The summed E-state index contributed by atoms with van der Waals surface area (Å²) in [5, 5.41) is -2.02. The maximum Gasteiger partial charge on any atom is 0.363 e. The number of hydrogen-bond donors (Lipinski definition) is 0. The van der Waals surface area contributed by atoms with Crippen molar-refractivity contribution in [1.29, 1.82) is 0 Å². The van der Waals surface area contributed by atoms with Crippen LogP contribution in [0, 0.1) is 0 Å². The predicted molar refractivity (Wildman–Crippen MR) is 61.8 cm³/mol. The third kappa shape index (κ3) is 2.68. The topological polar surface area (TPSA) is 121 Å². The lowest BCUT2D eigenvalue weighted by Crippen LogP contribution is -2.36. The van der Waals surface area contributed by atoms with Gasteiger partial charge in [0, 0.05) is 0 Å². The minimum Gasteiger partial charge on any atom is -0.747 e. The number of hydroxylamine groups is 2. The molecule has 0 spiro atoms. The van der Waals surface area contributed by atoms with Crippen LogP contribution in [0.25, 0.3) is 0 Å². The van der Waals surface area contributed by atoms with Gasteiger partial charge < -0.3 is 9.39 Å². The molecular formula is C11H8NO7S-. The quantitative estimate of drug-likeness (QED) is 0.541. The van der Waals surface area contributed by atoms with Crippen molar-refractivity contribution in [3.05, 3.63) is 35.9 Å². The van der Waals surface area contributed by atoms with Crippen molar-refractivity contribution in [2.24, 2.45) is 0 Å². The summed E-state index contributed by atoms with van der Waals surface area (Å²) in [4.78, 5) is 39.2. The number of rotatable bonds is 3. The molecule has 1 aliphatic heterocycles. The first-order valence-electron chi connectivity index (χ1n) is 5.39. The molecule has 0 aliphatic carbocycles. The molecule has 0 saturated carbocycles. The molecule has 106 valence electrons. The lowest BCUT2D eigenvalue weighted by Gasteiger charge is -2.15. The van der Waals surface area contributed by atoms with Crippen molar-refractivity contribution < 1.29 is 32.2 Å². The number of hydrogen-bond acceptors (Lipinski definition) is 7. The van der Waals surface area contributed by atoms with Crippen LogP contribution in [0.2, 0.25) is 0 Å². The SMILES string of the molecule is O=C(ON1C(=O)CC(S(=O)(=O)[O-])C1=O)c1ccccc1. The molecular weight excluding hydrogens is 290 g/mol. The van der Waals surface area contributed by atoms with E-state index in [9.17, 15) is 27.4 Å². The normalized spacial score (nSPS) is 19.2. The summed E-state index contributed by atoms with van der Waals surface area (Å²) < 4.78 is 32.4. The summed E-state index contributed by atoms with van der Waals surface area (Å²) in [6, 6.07) is 7.48. The Morgan fingerprint density at radius 3 is 2.35 bits per heavy atom. The summed E-state index contributed by atoms with van der Waals surface area (Å²) in [5.74, 6) is -3.41. The number of amides is 2. The number of nitrogens with zero attached hydrogens (tertiary/aromatic N) is 1. The van der Waals surface area contributed by atoms with E-state index in [1.807, 2.05) is 0 Å². The second-order valence-corrected chi connectivity index (χ2v) is 5.51. The van der Waals surface area contributed by atoms with Gasteiger partial charge in [0.25, 0.3) is 11.8 Å². The summed E-state index contributed by atoms with van der Waals surface area (Å²) in [6.45, 7) is 0. The van der Waals surface area contributed by atoms with E-state index in [-0.39, 0.29) is 10.6 Å². The van der Waals surface area contributed by atoms with Gasteiger partial charge in [-0.15, -0.1) is 5.06 Å². The first-order chi connectivity index (χ1) is 9.30. The van der Waals surface area contributed by atoms with E-state index in [1.54, 1.807) is 6.07 Å². The van der Waals surface area contributed by atoms with Gasteiger partial charge in [-0.3, -0.25) is 9.59 Å². The zero-order valence-corrected chi connectivity index (χ0v) is 10.7. The summed E-state index contributed by atoms with van der Waals surface area (Å²) >= 11 is 0. The Balaban J connectivity index is 2.17. The fraction of sp³-hybridized carbons (Fsp3) is 0.182. The van der Waals surface area contributed by atoms with Crippen molar-refractivity contribution in [1.82, 2.24) is 5.06 Å². The molecule has 1 aromatic carbocycles. The van der Waals surface area contributed by atoms with Crippen molar-refractivity contribution in [3.8, 4) is 0 Å². The average Bonchev–Trinajstić information content (AvgIpc) is 2.67. The van der Waals surface area contributed by atoms with Crippen LogP contribution in [-0.4, -0.2) is 41.1 Å². The second kappa shape index (κ2) is 5.02. The molecule has 2 amide bonds. The number of benzene rings is 1. The van der Waals surface area contributed by atoms with Gasteiger partial charge in [-0.2, -0.15) is 0 Å². The van der Waals surface area contributed by atoms with E-state index < -0.39 is 39.6 Å². The molecule has 0 N–H and O–H groups in total. The Labute approximate surface area is 113 Å². The van der Waals surface area contributed by atoms with Crippen molar-refractivity contribution in [3.63, 3.8) is 0 Å². The van der Waals surface area contributed by atoms with Crippen LogP contribution in [0.4, 0.5) is 0 Å². The third-order valence-electron chi connectivity index (χ3n) is 2.59. The number of carbonyl (C=O) groups excluding carboxylic acids is 3. The van der Waals surface area contributed by atoms with Crippen LogP contribution in [-0.2, 0) is 24.5 Å². The molecule has 2 rings (SSSR count). The van der Waals surface area contributed by atoms with Crippen LogP contribution in [0.5, 0.6) is 0 Å². The van der Waals surface area contributed by atoms with E-state index in [4.69, 9.17) is 0 Å². The van der Waals surface area contributed by atoms with Gasteiger partial charge in [0.1, 0.15) is 15.4 Å². The van der Waals surface area contributed by atoms with Crippen LogP contribution in [0.3, 0.4) is 0 Å². The largest absolute Gasteiger partial charge is 0.747 e. The molecule has 1 atom stereocenters. The van der Waals surface area contributed by atoms with Gasteiger partial charge >= 0.3 is 5.97 Å². The summed E-state index contributed by atoms with van der Waals surface area (Å²) in [5.41, 5.74) is 0.0709. The molecule has 9 heteroatoms. The Kier molecular flexibility index (Phi) is 3.55. The average molecular weight is 298 g/mol. The zero-order chi connectivity index (χ0) is 14.9. The minimum absolute atomic E-state index is 0.0233. The van der Waals surface area contributed by atoms with Crippen molar-refractivity contribution in [2.45, 2.75) is 11.7 Å². The lowest BCUT2D eigenvalue weighted by atomic mass is 10.2. The molecule has 1 aliphatic rings. The molecule has 8 nitrogen and oxygen atoms in total. The highest BCUT2D eigenvalue weighted by Gasteiger charge is 2.45. The Morgan fingerprint density at radius 1 is 1.25 bits per heavy atom. The smallest absolute Gasteiger partial charge is 0.363 e. The van der Waals surface area contributed by atoms with Gasteiger partial charge in [-0.25, -0.2) is 13.2 Å². The van der Waals surface area contributed by atoms with E-state index in [0.717, 1.165) is 0 Å². The fourth-order valence-corrected chi connectivity index (χ4v) is 2.30. The molecule has 1 saturated heterocycles. The first kappa shape index (κ1) is 14.2. The molecule has 0 bridgehead atoms.